The van der Waals surface area contributed by atoms with E-state index in [0.717, 1.165) is 0 Å². The Morgan fingerprint density at radius 3 is 1.47 bits per heavy atom. The van der Waals surface area contributed by atoms with Crippen LogP contribution in [0.3, 0.4) is 0 Å². The van der Waals surface area contributed by atoms with Gasteiger partial charge in [-0.1, -0.05) is 60.7 Å². The fourth-order valence-electron chi connectivity index (χ4n) is 2.23. The lowest BCUT2D eigenvalue weighted by Crippen LogP contribution is -2.51. The van der Waals surface area contributed by atoms with E-state index < -0.39 is 6.37 Å². The molecule has 1 aliphatic heterocycles. The highest BCUT2D eigenvalue weighted by atomic mass is 32.6. The number of hydrogen-bond donors (Lipinski definition) is 0. The molecule has 1 fully saturated rings. The fourth-order valence-corrected chi connectivity index (χ4v) is 15.2. The van der Waals surface area contributed by atoms with Crippen molar-refractivity contribution >= 4 is 39.2 Å². The third kappa shape index (κ3) is 2.07. The zero-order valence-electron chi connectivity index (χ0n) is 9.50. The monoisotopic (exact) mass is 274 g/mol. The Morgan fingerprint density at radius 1 is 0.647 bits per heavy atom. The molecule has 0 N–H and O–H groups in total. The molecule has 0 radical (unpaired) electrons. The topological polar surface area (TPSA) is 0 Å². The van der Waals surface area contributed by atoms with Crippen LogP contribution in [0.15, 0.2) is 60.7 Å². The van der Waals surface area contributed by atoms with Gasteiger partial charge in [0.25, 0.3) is 0 Å². The van der Waals surface area contributed by atoms with Gasteiger partial charge in [-0.15, -0.1) is 0 Å². The minimum Gasteiger partial charge on any atom is -0.163 e. The molecule has 1 heterocycles. The van der Waals surface area contributed by atoms with Crippen molar-refractivity contribution in [1.29, 1.82) is 0 Å². The van der Waals surface area contributed by atoms with Gasteiger partial charge >= 0.3 is 0 Å². The SMILES string of the molecule is c1ccc([Si]2(c3ccccc3)SCCS2)cc1. The molecule has 2 aromatic carbocycles. The van der Waals surface area contributed by atoms with Crippen LogP contribution in [0.4, 0.5) is 0 Å². The summed E-state index contributed by atoms with van der Waals surface area (Å²) >= 11 is 4.40. The van der Waals surface area contributed by atoms with Crippen LogP contribution in [0.1, 0.15) is 0 Å². The Balaban J connectivity index is 2.11. The quantitative estimate of drug-likeness (QED) is 0.772. The predicted octanol–water partition coefficient (Wildman–Crippen LogP) is 2.72. The van der Waals surface area contributed by atoms with Crippen LogP contribution in [0.5, 0.6) is 0 Å². The van der Waals surface area contributed by atoms with Gasteiger partial charge in [-0.05, 0) is 21.9 Å². The summed E-state index contributed by atoms with van der Waals surface area (Å²) in [5.74, 6) is 2.58. The van der Waals surface area contributed by atoms with E-state index in [4.69, 9.17) is 0 Å². The molecule has 1 aliphatic rings. The van der Waals surface area contributed by atoms with E-state index in [1.165, 1.54) is 11.5 Å². The smallest absolute Gasteiger partial charge is 0.163 e. The molecule has 0 atom stereocenters. The van der Waals surface area contributed by atoms with Gasteiger partial charge in [0, 0.05) is 0 Å². The minimum atomic E-state index is -1.55. The van der Waals surface area contributed by atoms with Gasteiger partial charge < -0.3 is 0 Å². The van der Waals surface area contributed by atoms with E-state index in [0.29, 0.717) is 0 Å². The highest BCUT2D eigenvalue weighted by Gasteiger charge is 2.42. The van der Waals surface area contributed by atoms with Crippen LogP contribution in [0, 0.1) is 0 Å². The molecule has 0 aliphatic carbocycles. The molecular weight excluding hydrogens is 260 g/mol. The van der Waals surface area contributed by atoms with Crippen LogP contribution in [-0.4, -0.2) is 17.9 Å². The fraction of sp³-hybridized carbons (Fsp3) is 0.143. The normalized spacial score (nSPS) is 18.1. The van der Waals surface area contributed by atoms with Crippen molar-refractivity contribution in [3.05, 3.63) is 60.7 Å². The predicted molar refractivity (Wildman–Crippen MR) is 82.8 cm³/mol. The summed E-state index contributed by atoms with van der Waals surface area (Å²) < 4.78 is 0. The molecule has 0 nitrogen and oxygen atoms in total. The first kappa shape index (κ1) is 11.4. The molecule has 1 saturated heterocycles. The van der Waals surface area contributed by atoms with Crippen LogP contribution in [-0.2, 0) is 0 Å². The molecule has 3 heteroatoms. The Hall–Kier alpha value is -0.643. The third-order valence-electron chi connectivity index (χ3n) is 3.00. The minimum absolute atomic E-state index is 1.29. The van der Waals surface area contributed by atoms with Gasteiger partial charge in [0.15, 0.2) is 0 Å². The number of hydrogen-bond acceptors (Lipinski definition) is 2. The van der Waals surface area contributed by atoms with Gasteiger partial charge in [-0.25, -0.2) is 0 Å². The van der Waals surface area contributed by atoms with Gasteiger partial charge in [0.1, 0.15) is 0 Å². The first-order valence-electron chi connectivity index (χ1n) is 5.81. The van der Waals surface area contributed by atoms with Gasteiger partial charge in [-0.2, -0.15) is 22.4 Å². The van der Waals surface area contributed by atoms with Crippen LogP contribution in [0.25, 0.3) is 0 Å². The van der Waals surface area contributed by atoms with Crippen molar-refractivity contribution in [3.8, 4) is 0 Å². The lowest BCUT2D eigenvalue weighted by molar-refractivity contribution is 1.59. The van der Waals surface area contributed by atoms with Gasteiger partial charge in [-0.3, -0.25) is 0 Å². The standard InChI is InChI=1S/C14H14S2Si/c1-3-7-13(8-4-1)17(15-11-12-16-17)14-9-5-2-6-10-14/h1-10H,11-12H2. The summed E-state index contributed by atoms with van der Waals surface area (Å²) in [7, 11) is 0. The summed E-state index contributed by atoms with van der Waals surface area (Å²) in [6.07, 6.45) is -1.55. The first-order chi connectivity index (χ1) is 8.42. The second-order valence-electron chi connectivity index (χ2n) is 4.05. The average molecular weight is 274 g/mol. The Bertz CT molecular complexity index is 437. The summed E-state index contributed by atoms with van der Waals surface area (Å²) in [4.78, 5) is 0. The molecule has 86 valence electrons. The summed E-state index contributed by atoms with van der Waals surface area (Å²) in [6, 6.07) is 22.2. The Kier molecular flexibility index (Phi) is 3.32. The first-order valence-corrected chi connectivity index (χ1v) is 11.2. The van der Waals surface area contributed by atoms with Crippen LogP contribution < -0.4 is 10.4 Å². The summed E-state index contributed by atoms with van der Waals surface area (Å²) in [6.45, 7) is 0. The molecular formula is C14H14S2Si. The number of benzene rings is 2. The van der Waals surface area contributed by atoms with Crippen molar-refractivity contribution in [2.75, 3.05) is 11.5 Å². The van der Waals surface area contributed by atoms with Crippen LogP contribution in [0.2, 0.25) is 0 Å². The van der Waals surface area contributed by atoms with Crippen molar-refractivity contribution < 1.29 is 0 Å². The van der Waals surface area contributed by atoms with Gasteiger partial charge in [0.05, 0.1) is 0 Å². The second-order valence-corrected chi connectivity index (χ2v) is 14.0. The zero-order valence-corrected chi connectivity index (χ0v) is 12.1. The molecule has 3 rings (SSSR count). The van der Waals surface area contributed by atoms with Crippen molar-refractivity contribution in [2.24, 2.45) is 0 Å². The van der Waals surface area contributed by atoms with Crippen LogP contribution >= 0.6 is 22.4 Å². The molecule has 0 spiro atoms. The van der Waals surface area contributed by atoms with E-state index in [1.54, 1.807) is 10.4 Å². The second kappa shape index (κ2) is 4.92. The summed E-state index contributed by atoms with van der Waals surface area (Å²) in [5, 5.41) is 3.11. The van der Waals surface area contributed by atoms with E-state index in [1.807, 2.05) is 0 Å². The average Bonchev–Trinajstić information content (AvgIpc) is 2.91. The van der Waals surface area contributed by atoms with E-state index in [-0.39, 0.29) is 0 Å². The molecule has 0 aromatic heterocycles. The summed E-state index contributed by atoms with van der Waals surface area (Å²) in [5.41, 5.74) is 0. The molecule has 2 aromatic rings. The van der Waals surface area contributed by atoms with E-state index >= 15 is 0 Å². The lowest BCUT2D eigenvalue weighted by Gasteiger charge is -2.25. The Labute approximate surface area is 111 Å². The molecule has 0 amide bonds. The van der Waals surface area contributed by atoms with E-state index in [2.05, 4.69) is 83.1 Å². The van der Waals surface area contributed by atoms with Crippen molar-refractivity contribution in [3.63, 3.8) is 0 Å². The van der Waals surface area contributed by atoms with Crippen molar-refractivity contribution in [1.82, 2.24) is 0 Å². The zero-order chi connectivity index (χ0) is 11.6. The van der Waals surface area contributed by atoms with E-state index in [9.17, 15) is 0 Å². The van der Waals surface area contributed by atoms with Crippen molar-refractivity contribution in [2.45, 2.75) is 0 Å². The Morgan fingerprint density at radius 2 is 1.06 bits per heavy atom. The maximum absolute atomic E-state index is 2.31. The number of rotatable bonds is 2. The maximum atomic E-state index is 2.31. The molecule has 0 bridgehead atoms. The lowest BCUT2D eigenvalue weighted by atomic mass is 10.4. The third-order valence-corrected chi connectivity index (χ3v) is 15.7. The maximum Gasteiger partial charge on any atom is 0.239 e. The van der Waals surface area contributed by atoms with Gasteiger partial charge in [0.2, 0.25) is 6.37 Å². The molecule has 0 unspecified atom stereocenters. The highest BCUT2D eigenvalue weighted by molar-refractivity contribution is 8.63. The molecule has 0 saturated carbocycles. The largest absolute Gasteiger partial charge is 0.239 e. The highest BCUT2D eigenvalue weighted by Crippen LogP contribution is 2.38. The molecule has 17 heavy (non-hydrogen) atoms.